The lowest BCUT2D eigenvalue weighted by atomic mass is 9.85. The summed E-state index contributed by atoms with van der Waals surface area (Å²) in [5, 5.41) is 0. The summed E-state index contributed by atoms with van der Waals surface area (Å²) in [5.41, 5.74) is 4.52. The van der Waals surface area contributed by atoms with Crippen molar-refractivity contribution in [3.8, 4) is 12.3 Å². The van der Waals surface area contributed by atoms with E-state index in [4.69, 9.17) is 11.4 Å². The predicted octanol–water partition coefficient (Wildman–Crippen LogP) is 4.06. The molecule has 2 aromatic carbocycles. The highest BCUT2D eigenvalue weighted by atomic mass is 16.1. The zero-order valence-electron chi connectivity index (χ0n) is 13.5. The Bertz CT molecular complexity index is 820. The van der Waals surface area contributed by atoms with E-state index in [-0.39, 0.29) is 11.3 Å². The Morgan fingerprint density at radius 3 is 2.57 bits per heavy atom. The van der Waals surface area contributed by atoms with Gasteiger partial charge in [-0.2, -0.15) is 0 Å². The van der Waals surface area contributed by atoms with Crippen LogP contribution in [0.2, 0.25) is 0 Å². The van der Waals surface area contributed by atoms with Gasteiger partial charge < -0.3 is 0 Å². The van der Waals surface area contributed by atoms with Gasteiger partial charge in [0.25, 0.3) is 0 Å². The molecule has 23 heavy (non-hydrogen) atoms. The van der Waals surface area contributed by atoms with Crippen LogP contribution < -0.4 is 0 Å². The van der Waals surface area contributed by atoms with Crippen LogP contribution in [0, 0.1) is 12.3 Å². The zero-order chi connectivity index (χ0) is 16.4. The van der Waals surface area contributed by atoms with Gasteiger partial charge >= 0.3 is 0 Å². The summed E-state index contributed by atoms with van der Waals surface area (Å²) >= 11 is 0. The molecular weight excluding hydrogens is 282 g/mol. The number of Topliss-reactive ketones (excluding diaryl/α,β-unsaturated/α-hetero) is 1. The molecule has 1 aliphatic rings. The van der Waals surface area contributed by atoms with Gasteiger partial charge in [-0.1, -0.05) is 42.3 Å². The zero-order valence-corrected chi connectivity index (χ0v) is 13.5. The molecule has 2 heteroatoms. The van der Waals surface area contributed by atoms with E-state index in [1.54, 1.807) is 24.3 Å². The van der Waals surface area contributed by atoms with Crippen LogP contribution in [-0.2, 0) is 6.42 Å². The van der Waals surface area contributed by atoms with E-state index in [1.807, 2.05) is 12.1 Å². The fraction of sp³-hybridized carbons (Fsp3) is 0.238. The Balaban J connectivity index is 1.90. The topological polar surface area (TPSA) is 29.4 Å². The molecule has 0 saturated heterocycles. The second kappa shape index (κ2) is 5.85. The molecule has 0 spiro atoms. The number of ketones is 1. The van der Waals surface area contributed by atoms with E-state index in [0.717, 1.165) is 23.3 Å². The second-order valence-electron chi connectivity index (χ2n) is 6.53. The summed E-state index contributed by atoms with van der Waals surface area (Å²) in [6.07, 6.45) is 6.57. The van der Waals surface area contributed by atoms with Crippen LogP contribution in [0.1, 0.15) is 47.3 Å². The van der Waals surface area contributed by atoms with E-state index in [0.29, 0.717) is 12.0 Å². The van der Waals surface area contributed by atoms with Gasteiger partial charge in [0.15, 0.2) is 5.78 Å². The Kier molecular flexibility index (Phi) is 3.88. The van der Waals surface area contributed by atoms with E-state index in [2.05, 4.69) is 31.9 Å². The normalized spacial score (nSPS) is 15.3. The Labute approximate surface area is 137 Å². The molecule has 0 bridgehead atoms. The fourth-order valence-corrected chi connectivity index (χ4v) is 3.03. The van der Waals surface area contributed by atoms with Gasteiger partial charge in [0.2, 0.25) is 0 Å². The molecule has 1 aliphatic heterocycles. The first-order chi connectivity index (χ1) is 11.0. The van der Waals surface area contributed by atoms with Crippen molar-refractivity contribution in [1.82, 2.24) is 0 Å². The molecule has 0 aliphatic carbocycles. The number of rotatable bonds is 3. The number of aliphatic imine (C=N–C) groups is 1. The number of carbonyl (C=O) groups excluding carboxylic acids is 1. The lowest BCUT2D eigenvalue weighted by Gasteiger charge is -2.29. The molecule has 0 amide bonds. The molecule has 0 atom stereocenters. The smallest absolute Gasteiger partial charge is 0.168 e. The summed E-state index contributed by atoms with van der Waals surface area (Å²) in [6.45, 7) is 4.21. The van der Waals surface area contributed by atoms with Gasteiger partial charge in [-0.25, -0.2) is 0 Å². The molecule has 2 aromatic rings. The first-order valence-corrected chi connectivity index (χ1v) is 7.75. The number of terminal acetylenes is 1. The fourth-order valence-electron chi connectivity index (χ4n) is 3.03. The molecule has 0 fully saturated rings. The Hall–Kier alpha value is -2.66. The molecule has 0 saturated carbocycles. The summed E-state index contributed by atoms with van der Waals surface area (Å²) < 4.78 is 0. The van der Waals surface area contributed by atoms with Crippen LogP contribution in [0.15, 0.2) is 53.5 Å². The van der Waals surface area contributed by atoms with Crippen LogP contribution in [-0.4, -0.2) is 17.0 Å². The summed E-state index contributed by atoms with van der Waals surface area (Å²) in [4.78, 5) is 17.4. The average Bonchev–Trinajstić information content (AvgIpc) is 2.54. The maximum atomic E-state index is 12.6. The number of hydrogen-bond acceptors (Lipinski definition) is 2. The second-order valence-corrected chi connectivity index (χ2v) is 6.53. The average molecular weight is 301 g/mol. The molecule has 3 rings (SSSR count). The third-order valence-corrected chi connectivity index (χ3v) is 4.09. The van der Waals surface area contributed by atoms with Crippen LogP contribution in [0.5, 0.6) is 0 Å². The van der Waals surface area contributed by atoms with Crippen molar-refractivity contribution in [2.45, 2.75) is 32.2 Å². The van der Waals surface area contributed by atoms with Crippen molar-refractivity contribution in [1.29, 1.82) is 0 Å². The molecule has 0 N–H and O–H groups in total. The van der Waals surface area contributed by atoms with Crippen LogP contribution in [0.25, 0.3) is 0 Å². The van der Waals surface area contributed by atoms with Gasteiger partial charge in [0.05, 0.1) is 17.7 Å². The first-order valence-electron chi connectivity index (χ1n) is 7.75. The van der Waals surface area contributed by atoms with Crippen LogP contribution in [0.3, 0.4) is 0 Å². The molecule has 2 nitrogen and oxygen atoms in total. The lowest BCUT2D eigenvalue weighted by Crippen LogP contribution is -2.29. The quantitative estimate of drug-likeness (QED) is 0.621. The van der Waals surface area contributed by atoms with Gasteiger partial charge in [-0.15, -0.1) is 6.42 Å². The predicted molar refractivity (Wildman–Crippen MR) is 94.1 cm³/mol. The van der Waals surface area contributed by atoms with E-state index < -0.39 is 0 Å². The highest BCUT2D eigenvalue weighted by Gasteiger charge is 2.27. The maximum absolute atomic E-state index is 12.6. The minimum Gasteiger partial charge on any atom is -0.294 e. The summed E-state index contributed by atoms with van der Waals surface area (Å²) in [7, 11) is 0. The number of benzene rings is 2. The van der Waals surface area contributed by atoms with Crippen molar-refractivity contribution in [3.63, 3.8) is 0 Å². The molecule has 1 heterocycles. The van der Waals surface area contributed by atoms with Crippen molar-refractivity contribution >= 4 is 11.5 Å². The van der Waals surface area contributed by atoms with Gasteiger partial charge in [0, 0.05) is 11.1 Å². The van der Waals surface area contributed by atoms with Crippen molar-refractivity contribution < 1.29 is 4.79 Å². The van der Waals surface area contributed by atoms with Crippen molar-refractivity contribution in [2.75, 3.05) is 0 Å². The van der Waals surface area contributed by atoms with Crippen LogP contribution in [0.4, 0.5) is 0 Å². The largest absolute Gasteiger partial charge is 0.294 e. The number of nitrogens with zero attached hydrogens (tertiary/aromatic N) is 1. The minimum atomic E-state index is -0.169. The van der Waals surface area contributed by atoms with Gasteiger partial charge in [-0.3, -0.25) is 9.79 Å². The standard InChI is InChI=1S/C21H19NO/c1-4-15-9-11-16(12-10-15)20(23)13-19-18-8-6-5-7-17(18)14-21(2,3)22-19/h1,5-12H,13-14H2,2-3H3. The van der Waals surface area contributed by atoms with Gasteiger partial charge in [-0.05, 0) is 43.5 Å². The van der Waals surface area contributed by atoms with Crippen molar-refractivity contribution in [2.24, 2.45) is 4.99 Å². The summed E-state index contributed by atoms with van der Waals surface area (Å²) in [6, 6.07) is 15.4. The summed E-state index contributed by atoms with van der Waals surface area (Å²) in [5.74, 6) is 2.63. The van der Waals surface area contributed by atoms with E-state index in [9.17, 15) is 4.79 Å². The first kappa shape index (κ1) is 15.2. The van der Waals surface area contributed by atoms with Crippen LogP contribution >= 0.6 is 0 Å². The lowest BCUT2D eigenvalue weighted by molar-refractivity contribution is 0.100. The maximum Gasteiger partial charge on any atom is 0.168 e. The molecule has 0 radical (unpaired) electrons. The molecular formula is C21H19NO. The monoisotopic (exact) mass is 301 g/mol. The molecule has 114 valence electrons. The third kappa shape index (κ3) is 3.24. The number of fused-ring (bicyclic) bond motifs is 1. The third-order valence-electron chi connectivity index (χ3n) is 4.09. The SMILES string of the molecule is C#Cc1ccc(C(=O)CC2=NC(C)(C)Cc3ccccc32)cc1. The number of hydrogen-bond donors (Lipinski definition) is 0. The van der Waals surface area contributed by atoms with Crippen molar-refractivity contribution in [3.05, 3.63) is 70.8 Å². The highest BCUT2D eigenvalue weighted by Crippen LogP contribution is 2.28. The van der Waals surface area contributed by atoms with E-state index in [1.165, 1.54) is 5.56 Å². The number of carbonyl (C=O) groups is 1. The molecule has 0 aromatic heterocycles. The van der Waals surface area contributed by atoms with Gasteiger partial charge in [0.1, 0.15) is 0 Å². The Morgan fingerprint density at radius 1 is 1.17 bits per heavy atom. The minimum absolute atomic E-state index is 0.0693. The molecule has 0 unspecified atom stereocenters. The Morgan fingerprint density at radius 2 is 1.87 bits per heavy atom. The highest BCUT2D eigenvalue weighted by molar-refractivity contribution is 6.16. The van der Waals surface area contributed by atoms with E-state index >= 15 is 0 Å².